The van der Waals surface area contributed by atoms with Crippen LogP contribution in [0.3, 0.4) is 0 Å². The molecule has 1 heterocycles. The number of halogens is 3. The Balaban J connectivity index is 1.67. The number of hydrogen-bond donors (Lipinski definition) is 1. The molecule has 0 aliphatic heterocycles. The van der Waals surface area contributed by atoms with Crippen LogP contribution in [0.1, 0.15) is 19.8 Å². The molecule has 1 saturated carbocycles. The fraction of sp³-hybridized carbons (Fsp3) is 0.318. The number of alkyl halides is 3. The van der Waals surface area contributed by atoms with Crippen LogP contribution < -0.4 is 10.4 Å². The second-order valence-corrected chi connectivity index (χ2v) is 7.49. The normalized spacial score (nSPS) is 24.7. The largest absolute Gasteiger partial charge is 0.489 e. The van der Waals surface area contributed by atoms with E-state index in [1.165, 1.54) is 6.07 Å². The first-order valence-electron chi connectivity index (χ1n) is 9.25. The van der Waals surface area contributed by atoms with Crippen LogP contribution in [0.15, 0.2) is 63.8 Å². The third-order valence-electron chi connectivity index (χ3n) is 5.74. The Morgan fingerprint density at radius 1 is 1.10 bits per heavy atom. The molecule has 7 heteroatoms. The van der Waals surface area contributed by atoms with E-state index < -0.39 is 29.4 Å². The summed E-state index contributed by atoms with van der Waals surface area (Å²) in [6, 6.07) is 15.3. The first-order valence-corrected chi connectivity index (χ1v) is 9.25. The van der Waals surface area contributed by atoms with Crippen LogP contribution >= 0.6 is 0 Å². The molecule has 0 bridgehead atoms. The van der Waals surface area contributed by atoms with E-state index in [-0.39, 0.29) is 24.2 Å². The third-order valence-corrected chi connectivity index (χ3v) is 5.74. The third kappa shape index (κ3) is 3.29. The van der Waals surface area contributed by atoms with Crippen molar-refractivity contribution in [2.75, 3.05) is 0 Å². The molecule has 29 heavy (non-hydrogen) atoms. The molecule has 152 valence electrons. The minimum absolute atomic E-state index is 0.00375. The SMILES string of the molecule is CC1(C(F)(F)F)C(O)CCC1Oc1ccc2cc(-c3ccccc3)c(=O)oc2c1. The molecular weight excluding hydrogens is 385 g/mol. The number of aliphatic hydroxyl groups excluding tert-OH is 1. The van der Waals surface area contributed by atoms with Crippen LogP contribution in [0.4, 0.5) is 13.2 Å². The van der Waals surface area contributed by atoms with E-state index in [1.807, 2.05) is 18.2 Å². The molecule has 4 nitrogen and oxygen atoms in total. The zero-order valence-electron chi connectivity index (χ0n) is 15.6. The second-order valence-electron chi connectivity index (χ2n) is 7.49. The highest BCUT2D eigenvalue weighted by molar-refractivity contribution is 5.82. The zero-order chi connectivity index (χ0) is 20.8. The van der Waals surface area contributed by atoms with Gasteiger partial charge in [-0.05, 0) is 43.5 Å². The van der Waals surface area contributed by atoms with Gasteiger partial charge in [0.05, 0.1) is 11.7 Å². The van der Waals surface area contributed by atoms with Crippen LogP contribution in [0, 0.1) is 5.41 Å². The van der Waals surface area contributed by atoms with Gasteiger partial charge in [-0.25, -0.2) is 4.79 Å². The number of benzene rings is 2. The lowest BCUT2D eigenvalue weighted by atomic mass is 9.83. The highest BCUT2D eigenvalue weighted by Gasteiger charge is 2.64. The van der Waals surface area contributed by atoms with Gasteiger partial charge in [-0.3, -0.25) is 0 Å². The summed E-state index contributed by atoms with van der Waals surface area (Å²) in [6.07, 6.45) is -7.29. The molecule has 1 fully saturated rings. The molecule has 0 spiro atoms. The topological polar surface area (TPSA) is 59.7 Å². The highest BCUT2D eigenvalue weighted by atomic mass is 19.4. The quantitative estimate of drug-likeness (QED) is 0.629. The Morgan fingerprint density at radius 2 is 1.83 bits per heavy atom. The lowest BCUT2D eigenvalue weighted by molar-refractivity contribution is -0.260. The van der Waals surface area contributed by atoms with Crippen LogP contribution in [-0.4, -0.2) is 23.5 Å². The van der Waals surface area contributed by atoms with Crippen molar-refractivity contribution in [3.8, 4) is 16.9 Å². The number of fused-ring (bicyclic) bond motifs is 1. The van der Waals surface area contributed by atoms with Gasteiger partial charge in [0.2, 0.25) is 0 Å². The van der Waals surface area contributed by atoms with Crippen LogP contribution in [-0.2, 0) is 0 Å². The first kappa shape index (κ1) is 19.5. The van der Waals surface area contributed by atoms with Gasteiger partial charge in [0.15, 0.2) is 0 Å². The number of aliphatic hydroxyl groups is 1. The van der Waals surface area contributed by atoms with Gasteiger partial charge in [0.25, 0.3) is 0 Å². The van der Waals surface area contributed by atoms with Crippen molar-refractivity contribution in [1.29, 1.82) is 0 Å². The molecule has 0 radical (unpaired) electrons. The molecule has 0 saturated heterocycles. The van der Waals surface area contributed by atoms with Crippen molar-refractivity contribution in [3.63, 3.8) is 0 Å². The average molecular weight is 404 g/mol. The summed E-state index contributed by atoms with van der Waals surface area (Å²) in [7, 11) is 0. The van der Waals surface area contributed by atoms with E-state index in [0.717, 1.165) is 6.92 Å². The maximum absolute atomic E-state index is 13.6. The van der Waals surface area contributed by atoms with Crippen LogP contribution in [0.5, 0.6) is 5.75 Å². The summed E-state index contributed by atoms with van der Waals surface area (Å²) in [6.45, 7) is 0.975. The summed E-state index contributed by atoms with van der Waals surface area (Å²) in [5, 5.41) is 10.5. The molecule has 1 aromatic heterocycles. The summed E-state index contributed by atoms with van der Waals surface area (Å²) < 4.78 is 51.7. The molecule has 2 aromatic carbocycles. The smallest absolute Gasteiger partial charge is 0.400 e. The van der Waals surface area contributed by atoms with E-state index in [9.17, 15) is 23.1 Å². The van der Waals surface area contributed by atoms with Gasteiger partial charge < -0.3 is 14.3 Å². The van der Waals surface area contributed by atoms with Gasteiger partial charge in [-0.15, -0.1) is 0 Å². The van der Waals surface area contributed by atoms with E-state index in [2.05, 4.69) is 0 Å². The summed E-state index contributed by atoms with van der Waals surface area (Å²) in [5.74, 6) is 0.155. The predicted octanol–water partition coefficient (Wildman–Crippen LogP) is 4.93. The molecular formula is C22H19F3O4. The number of rotatable bonds is 3. The van der Waals surface area contributed by atoms with Gasteiger partial charge in [-0.2, -0.15) is 13.2 Å². The summed E-state index contributed by atoms with van der Waals surface area (Å²) in [4.78, 5) is 12.4. The van der Waals surface area contributed by atoms with Crippen molar-refractivity contribution < 1.29 is 27.4 Å². The Labute approximate surface area is 164 Å². The van der Waals surface area contributed by atoms with Crippen molar-refractivity contribution in [2.24, 2.45) is 5.41 Å². The maximum atomic E-state index is 13.6. The minimum Gasteiger partial charge on any atom is -0.489 e. The van der Waals surface area contributed by atoms with Gasteiger partial charge in [0.1, 0.15) is 22.9 Å². The van der Waals surface area contributed by atoms with Crippen LogP contribution in [0.25, 0.3) is 22.1 Å². The van der Waals surface area contributed by atoms with Crippen molar-refractivity contribution in [1.82, 2.24) is 0 Å². The molecule has 0 amide bonds. The van der Waals surface area contributed by atoms with Crippen molar-refractivity contribution in [2.45, 2.75) is 38.1 Å². The van der Waals surface area contributed by atoms with E-state index in [4.69, 9.17) is 9.15 Å². The molecule has 4 rings (SSSR count). The Bertz CT molecular complexity index is 1090. The summed E-state index contributed by atoms with van der Waals surface area (Å²) in [5.41, 5.74) is -1.57. The lowest BCUT2D eigenvalue weighted by Crippen LogP contribution is -2.50. The van der Waals surface area contributed by atoms with E-state index in [1.54, 1.807) is 30.3 Å². The number of hydrogen-bond acceptors (Lipinski definition) is 4. The average Bonchev–Trinajstić information content (AvgIpc) is 2.97. The highest BCUT2D eigenvalue weighted by Crippen LogP contribution is 2.51. The predicted molar refractivity (Wildman–Crippen MR) is 102 cm³/mol. The van der Waals surface area contributed by atoms with E-state index in [0.29, 0.717) is 16.5 Å². The Kier molecular flexibility index (Phi) is 4.65. The molecule has 3 atom stereocenters. The lowest BCUT2D eigenvalue weighted by Gasteiger charge is -2.36. The minimum atomic E-state index is -4.61. The molecule has 1 N–H and O–H groups in total. The monoisotopic (exact) mass is 404 g/mol. The first-order chi connectivity index (χ1) is 13.7. The fourth-order valence-electron chi connectivity index (χ4n) is 3.82. The standard InChI is InChI=1S/C22H19F3O4/c1-21(22(23,24)25)18(26)9-10-19(21)28-15-8-7-14-11-16(13-5-3-2-4-6-13)20(27)29-17(14)12-15/h2-8,11-12,18-19,26H,9-10H2,1H3. The van der Waals surface area contributed by atoms with Gasteiger partial charge in [-0.1, -0.05) is 30.3 Å². The molecule has 1 aliphatic rings. The molecule has 1 aliphatic carbocycles. The Hall–Kier alpha value is -2.80. The Morgan fingerprint density at radius 3 is 2.52 bits per heavy atom. The zero-order valence-corrected chi connectivity index (χ0v) is 15.6. The van der Waals surface area contributed by atoms with Crippen molar-refractivity contribution in [3.05, 3.63) is 65.0 Å². The summed E-state index contributed by atoms with van der Waals surface area (Å²) >= 11 is 0. The molecule has 3 unspecified atom stereocenters. The van der Waals surface area contributed by atoms with Crippen LogP contribution in [0.2, 0.25) is 0 Å². The molecule has 3 aromatic rings. The van der Waals surface area contributed by atoms with E-state index >= 15 is 0 Å². The van der Waals surface area contributed by atoms with Gasteiger partial charge in [0, 0.05) is 11.5 Å². The number of ether oxygens (including phenoxy) is 1. The van der Waals surface area contributed by atoms with Gasteiger partial charge >= 0.3 is 11.8 Å². The van der Waals surface area contributed by atoms with Crippen molar-refractivity contribution >= 4 is 11.0 Å². The fourth-order valence-corrected chi connectivity index (χ4v) is 3.82. The second kappa shape index (κ2) is 6.91. The maximum Gasteiger partial charge on any atom is 0.400 e.